The van der Waals surface area contributed by atoms with Gasteiger partial charge in [0.15, 0.2) is 18.4 Å². The van der Waals surface area contributed by atoms with E-state index in [2.05, 4.69) is 9.82 Å². The predicted molar refractivity (Wildman–Crippen MR) is 127 cm³/mol. The number of aromatic nitrogens is 2. The molecule has 38 heavy (non-hydrogen) atoms. The fourth-order valence-corrected chi connectivity index (χ4v) is 5.30. The van der Waals surface area contributed by atoms with Crippen molar-refractivity contribution in [3.8, 4) is 0 Å². The summed E-state index contributed by atoms with van der Waals surface area (Å²) in [4.78, 5) is 61.7. The summed E-state index contributed by atoms with van der Waals surface area (Å²) in [5.74, 6) is -2.54. The highest BCUT2D eigenvalue weighted by atomic mass is 31.2. The number of H-pyrrole nitrogens is 1. The average Bonchev–Trinajstić information content (AvgIpc) is 3.10. The van der Waals surface area contributed by atoms with Crippen LogP contribution in [0.15, 0.2) is 21.9 Å². The van der Waals surface area contributed by atoms with E-state index in [0.29, 0.717) is 0 Å². The topological polar surface area (TPSA) is 211 Å². The van der Waals surface area contributed by atoms with Crippen molar-refractivity contribution < 1.29 is 52.1 Å². The van der Waals surface area contributed by atoms with Crippen LogP contribution in [-0.4, -0.2) is 82.8 Å². The van der Waals surface area contributed by atoms with Crippen LogP contribution < -0.4 is 16.3 Å². The van der Waals surface area contributed by atoms with Crippen molar-refractivity contribution in [1.82, 2.24) is 14.6 Å². The molecule has 1 aliphatic heterocycles. The zero-order valence-electron chi connectivity index (χ0n) is 21.6. The number of ether oxygens (including phenoxy) is 4. The van der Waals surface area contributed by atoms with Gasteiger partial charge < -0.3 is 24.1 Å². The van der Waals surface area contributed by atoms with E-state index in [1.165, 1.54) is 20.8 Å². The molecule has 0 spiro atoms. The van der Waals surface area contributed by atoms with Crippen LogP contribution in [0.5, 0.6) is 0 Å². The van der Waals surface area contributed by atoms with Crippen molar-refractivity contribution in [3.63, 3.8) is 0 Å². The molecule has 1 aliphatic rings. The van der Waals surface area contributed by atoms with Gasteiger partial charge in [0.1, 0.15) is 12.1 Å². The van der Waals surface area contributed by atoms with Gasteiger partial charge in [0.2, 0.25) is 0 Å². The SMILES string of the molecule is COC(=O)C(NP(=O)(OC[C@H]1O[C@@H](n2ccc(=O)[nH]c2=O)[C@H](OC(C)=O)[C@@H]1OC(C)=O)OC(C)C)C(C)O. The summed E-state index contributed by atoms with van der Waals surface area (Å²) < 4.78 is 46.4. The third-order valence-corrected chi connectivity index (χ3v) is 6.79. The number of nitrogens with zero attached hydrogens (tertiary/aromatic N) is 1. The largest absolute Gasteiger partial charge is 0.468 e. The molecule has 0 saturated carbocycles. The molecule has 7 atom stereocenters. The first kappa shape index (κ1) is 31.3. The molecule has 2 rings (SSSR count). The molecule has 0 aliphatic carbocycles. The Bertz CT molecular complexity index is 1160. The van der Waals surface area contributed by atoms with Crippen LogP contribution in [0.3, 0.4) is 0 Å². The number of hydrogen-bond acceptors (Lipinski definition) is 13. The van der Waals surface area contributed by atoms with Crippen LogP contribution in [0.1, 0.15) is 40.8 Å². The van der Waals surface area contributed by atoms with Gasteiger partial charge in [-0.1, -0.05) is 0 Å². The van der Waals surface area contributed by atoms with Gasteiger partial charge in [-0.15, -0.1) is 0 Å². The van der Waals surface area contributed by atoms with Gasteiger partial charge in [0.25, 0.3) is 5.56 Å². The summed E-state index contributed by atoms with van der Waals surface area (Å²) in [7, 11) is -3.31. The highest BCUT2D eigenvalue weighted by Gasteiger charge is 2.51. The van der Waals surface area contributed by atoms with E-state index < -0.39 is 86.3 Å². The smallest absolute Gasteiger partial charge is 0.406 e. The Morgan fingerprint density at radius 3 is 2.26 bits per heavy atom. The summed E-state index contributed by atoms with van der Waals surface area (Å²) in [6.07, 6.45) is -6.38. The Balaban J connectivity index is 2.42. The predicted octanol–water partition coefficient (Wildman–Crippen LogP) is -0.641. The Kier molecular flexibility index (Phi) is 10.9. The second-order valence-corrected chi connectivity index (χ2v) is 10.3. The molecule has 1 fully saturated rings. The molecule has 1 saturated heterocycles. The van der Waals surface area contributed by atoms with Crippen LogP contribution in [0.4, 0.5) is 0 Å². The van der Waals surface area contributed by atoms with Gasteiger partial charge in [-0.3, -0.25) is 37.8 Å². The van der Waals surface area contributed by atoms with E-state index in [4.69, 9.17) is 23.3 Å². The van der Waals surface area contributed by atoms with Crippen molar-refractivity contribution >= 4 is 25.7 Å². The Morgan fingerprint density at radius 2 is 1.76 bits per heavy atom. The molecular formula is C21H32N3O13P. The number of hydrogen-bond donors (Lipinski definition) is 3. The number of aliphatic hydroxyl groups excluding tert-OH is 1. The van der Waals surface area contributed by atoms with Gasteiger partial charge in [-0.2, -0.15) is 0 Å². The lowest BCUT2D eigenvalue weighted by molar-refractivity contribution is -0.165. The Labute approximate surface area is 217 Å². The first-order valence-electron chi connectivity index (χ1n) is 11.5. The van der Waals surface area contributed by atoms with Gasteiger partial charge in [0, 0.05) is 26.1 Å². The lowest BCUT2D eigenvalue weighted by atomic mass is 10.1. The van der Waals surface area contributed by atoms with Gasteiger partial charge in [0.05, 0.1) is 25.9 Å². The van der Waals surface area contributed by atoms with Crippen LogP contribution in [0, 0.1) is 0 Å². The molecule has 17 heteroatoms. The molecular weight excluding hydrogens is 533 g/mol. The van der Waals surface area contributed by atoms with E-state index in [9.17, 15) is 33.6 Å². The molecule has 1 aromatic heterocycles. The maximum atomic E-state index is 13.5. The number of carbonyl (C=O) groups excluding carboxylic acids is 3. The normalized spacial score (nSPS) is 24.3. The summed E-state index contributed by atoms with van der Waals surface area (Å²) >= 11 is 0. The zero-order chi connectivity index (χ0) is 28.8. The molecule has 2 heterocycles. The molecule has 16 nitrogen and oxygen atoms in total. The second kappa shape index (κ2) is 13.3. The summed E-state index contributed by atoms with van der Waals surface area (Å²) in [5, 5.41) is 12.3. The fraction of sp³-hybridized carbons (Fsp3) is 0.667. The number of carbonyl (C=O) groups is 3. The number of methoxy groups -OCH3 is 1. The number of nitrogens with one attached hydrogen (secondary N) is 2. The van der Waals surface area contributed by atoms with Crippen molar-refractivity contribution in [1.29, 1.82) is 0 Å². The highest BCUT2D eigenvalue weighted by Crippen LogP contribution is 2.47. The van der Waals surface area contributed by atoms with E-state index in [-0.39, 0.29) is 0 Å². The van der Waals surface area contributed by atoms with Crippen LogP contribution in [0.2, 0.25) is 0 Å². The summed E-state index contributed by atoms with van der Waals surface area (Å²) in [6.45, 7) is 5.86. The average molecular weight is 565 g/mol. The monoisotopic (exact) mass is 565 g/mol. The Hall–Kier alpha value is -2.88. The Morgan fingerprint density at radius 1 is 1.16 bits per heavy atom. The summed E-state index contributed by atoms with van der Waals surface area (Å²) in [5.41, 5.74) is -1.60. The van der Waals surface area contributed by atoms with Crippen LogP contribution >= 0.6 is 7.75 Å². The highest BCUT2D eigenvalue weighted by molar-refractivity contribution is 7.51. The van der Waals surface area contributed by atoms with Gasteiger partial charge in [-0.25, -0.2) is 14.4 Å². The summed E-state index contributed by atoms with van der Waals surface area (Å²) in [6, 6.07) is -0.475. The molecule has 3 unspecified atom stereocenters. The van der Waals surface area contributed by atoms with Crippen LogP contribution in [-0.2, 0) is 46.9 Å². The standard InChI is InChI=1S/C21H32N3O13P/c1-10(2)37-38(31,23-16(11(3)25)20(29)32-6)33-9-14-17(34-12(4)26)18(35-13(5)27)19(36-14)24-8-7-15(28)22-21(24)30/h7-8,10-11,14,16-19,25H,9H2,1-6H3,(H,23,31)(H,22,28,30)/t11?,14-,16?,17-,18-,19-,38?/m1/s1. The first-order chi connectivity index (χ1) is 17.7. The third kappa shape index (κ3) is 8.31. The van der Waals surface area contributed by atoms with E-state index in [0.717, 1.165) is 37.8 Å². The minimum atomic E-state index is -4.38. The minimum absolute atomic E-state index is 0.630. The molecule has 0 bridgehead atoms. The molecule has 0 amide bonds. The molecule has 3 N–H and O–H groups in total. The zero-order valence-corrected chi connectivity index (χ0v) is 22.5. The quantitative estimate of drug-likeness (QED) is 0.163. The van der Waals surface area contributed by atoms with Gasteiger partial charge in [-0.05, 0) is 20.8 Å². The molecule has 1 aromatic rings. The van der Waals surface area contributed by atoms with Crippen molar-refractivity contribution in [2.75, 3.05) is 13.7 Å². The number of aromatic amines is 1. The van der Waals surface area contributed by atoms with Crippen molar-refractivity contribution in [3.05, 3.63) is 33.1 Å². The lowest BCUT2D eigenvalue weighted by Gasteiger charge is -2.28. The van der Waals surface area contributed by atoms with Crippen LogP contribution in [0.25, 0.3) is 0 Å². The van der Waals surface area contributed by atoms with Crippen molar-refractivity contribution in [2.24, 2.45) is 0 Å². The number of esters is 3. The van der Waals surface area contributed by atoms with E-state index in [1.54, 1.807) is 0 Å². The van der Waals surface area contributed by atoms with E-state index in [1.807, 2.05) is 4.98 Å². The molecule has 214 valence electrons. The number of aliphatic hydroxyl groups is 1. The third-order valence-electron chi connectivity index (χ3n) is 5.01. The maximum Gasteiger partial charge on any atom is 0.406 e. The second-order valence-electron chi connectivity index (χ2n) is 8.55. The first-order valence-corrected chi connectivity index (χ1v) is 13.0. The fourth-order valence-electron chi connectivity index (χ4n) is 3.55. The van der Waals surface area contributed by atoms with E-state index >= 15 is 0 Å². The maximum absolute atomic E-state index is 13.5. The molecule has 0 radical (unpaired) electrons. The van der Waals surface area contributed by atoms with Crippen molar-refractivity contribution in [2.45, 2.75) is 77.4 Å². The minimum Gasteiger partial charge on any atom is -0.468 e. The molecule has 0 aromatic carbocycles. The van der Waals surface area contributed by atoms with Gasteiger partial charge >= 0.3 is 31.3 Å². The number of rotatable bonds is 12. The lowest BCUT2D eigenvalue weighted by Crippen LogP contribution is -2.45.